The summed E-state index contributed by atoms with van der Waals surface area (Å²) in [6.45, 7) is 1.82. The maximum Gasteiger partial charge on any atom is 0.336 e. The molecule has 0 aliphatic rings. The van der Waals surface area contributed by atoms with Crippen LogP contribution in [0.2, 0.25) is 0 Å². The highest BCUT2D eigenvalue weighted by atomic mass is 16.4. The van der Waals surface area contributed by atoms with Crippen LogP contribution in [0.3, 0.4) is 0 Å². The highest BCUT2D eigenvalue weighted by molar-refractivity contribution is 6.14. The summed E-state index contributed by atoms with van der Waals surface area (Å²) in [5.41, 5.74) is 0.887. The highest BCUT2D eigenvalue weighted by Crippen LogP contribution is 2.23. The molecule has 0 saturated carbocycles. The molecule has 0 atom stereocenters. The van der Waals surface area contributed by atoms with E-state index < -0.39 is 11.8 Å². The quantitative estimate of drug-likeness (QED) is 0.843. The fourth-order valence-electron chi connectivity index (χ4n) is 2.03. The van der Waals surface area contributed by atoms with Crippen molar-refractivity contribution < 1.29 is 19.8 Å². The average molecular weight is 282 g/mol. The molecule has 0 saturated heterocycles. The van der Waals surface area contributed by atoms with Gasteiger partial charge < -0.3 is 10.2 Å². The molecule has 0 unspecified atom stereocenters. The minimum absolute atomic E-state index is 0.0215. The van der Waals surface area contributed by atoms with E-state index in [4.69, 9.17) is 5.11 Å². The van der Waals surface area contributed by atoms with Crippen molar-refractivity contribution in [1.29, 1.82) is 0 Å². The third-order valence-electron chi connectivity index (χ3n) is 3.04. The Kier molecular flexibility index (Phi) is 4.18. The molecule has 106 valence electrons. The largest absolute Gasteiger partial charge is 0.507 e. The molecule has 2 rings (SSSR count). The zero-order valence-electron chi connectivity index (χ0n) is 11.4. The van der Waals surface area contributed by atoms with E-state index in [0.29, 0.717) is 5.56 Å². The first kappa shape index (κ1) is 14.5. The van der Waals surface area contributed by atoms with Gasteiger partial charge in [0.05, 0.1) is 5.56 Å². The number of carboxylic acids is 1. The number of hydrogen-bond donors (Lipinski definition) is 2. The number of carboxylic acid groups (broad SMARTS) is 1. The molecule has 4 heteroatoms. The van der Waals surface area contributed by atoms with E-state index in [9.17, 15) is 14.7 Å². The molecule has 0 fully saturated rings. The number of aromatic carboxylic acids is 1. The summed E-state index contributed by atoms with van der Waals surface area (Å²) in [4.78, 5) is 23.6. The van der Waals surface area contributed by atoms with Gasteiger partial charge in [-0.3, -0.25) is 4.79 Å². The van der Waals surface area contributed by atoms with E-state index in [1.54, 1.807) is 36.4 Å². The van der Waals surface area contributed by atoms with Crippen LogP contribution in [-0.4, -0.2) is 22.0 Å². The van der Waals surface area contributed by atoms with Crippen molar-refractivity contribution in [3.05, 3.63) is 70.8 Å². The van der Waals surface area contributed by atoms with E-state index >= 15 is 0 Å². The van der Waals surface area contributed by atoms with E-state index in [-0.39, 0.29) is 22.4 Å². The maximum atomic E-state index is 12.4. The fourth-order valence-corrected chi connectivity index (χ4v) is 2.03. The molecule has 21 heavy (non-hydrogen) atoms. The molecule has 0 amide bonds. The van der Waals surface area contributed by atoms with Crippen LogP contribution in [0.25, 0.3) is 6.08 Å². The van der Waals surface area contributed by atoms with E-state index in [1.807, 2.05) is 6.92 Å². The number of rotatable bonds is 4. The van der Waals surface area contributed by atoms with Gasteiger partial charge >= 0.3 is 5.97 Å². The second-order valence-electron chi connectivity index (χ2n) is 4.45. The summed E-state index contributed by atoms with van der Waals surface area (Å²) in [6, 6.07) is 10.5. The third-order valence-corrected chi connectivity index (χ3v) is 3.04. The second kappa shape index (κ2) is 6.05. The van der Waals surface area contributed by atoms with Gasteiger partial charge in [0, 0.05) is 16.7 Å². The van der Waals surface area contributed by atoms with Crippen LogP contribution < -0.4 is 0 Å². The predicted molar refractivity (Wildman–Crippen MR) is 79.6 cm³/mol. The molecule has 0 heterocycles. The van der Waals surface area contributed by atoms with Crippen molar-refractivity contribution in [1.82, 2.24) is 0 Å². The monoisotopic (exact) mass is 282 g/mol. The van der Waals surface area contributed by atoms with Gasteiger partial charge in [-0.05, 0) is 19.1 Å². The van der Waals surface area contributed by atoms with Crippen LogP contribution in [0.5, 0.6) is 5.75 Å². The molecule has 0 bridgehead atoms. The Hall–Kier alpha value is -2.88. The molecular weight excluding hydrogens is 268 g/mol. The Balaban J connectivity index is 2.46. The molecule has 0 spiro atoms. The van der Waals surface area contributed by atoms with Gasteiger partial charge in [0.1, 0.15) is 5.75 Å². The molecule has 2 aromatic carbocycles. The molecule has 4 nitrogen and oxygen atoms in total. The standard InChI is InChI=1S/C17H14O4/c1-2-5-11-8-9-12(10-15(11)18)16(19)13-6-3-4-7-14(13)17(20)21/h2-10,18H,1H3,(H,20,21)/b5-2+. The van der Waals surface area contributed by atoms with E-state index in [2.05, 4.69) is 0 Å². The van der Waals surface area contributed by atoms with Crippen LogP contribution >= 0.6 is 0 Å². The van der Waals surface area contributed by atoms with Gasteiger partial charge in [-0.1, -0.05) is 42.5 Å². The number of allylic oxidation sites excluding steroid dienone is 1. The van der Waals surface area contributed by atoms with Gasteiger partial charge in [0.2, 0.25) is 0 Å². The Morgan fingerprint density at radius 2 is 1.71 bits per heavy atom. The highest BCUT2D eigenvalue weighted by Gasteiger charge is 2.18. The second-order valence-corrected chi connectivity index (χ2v) is 4.45. The average Bonchev–Trinajstić information content (AvgIpc) is 2.48. The van der Waals surface area contributed by atoms with Crippen molar-refractivity contribution in [2.45, 2.75) is 6.92 Å². The lowest BCUT2D eigenvalue weighted by Gasteiger charge is -2.07. The van der Waals surface area contributed by atoms with Crippen LogP contribution in [-0.2, 0) is 0 Å². The number of carbonyl (C=O) groups excluding carboxylic acids is 1. The smallest absolute Gasteiger partial charge is 0.336 e. The number of ketones is 1. The summed E-state index contributed by atoms with van der Waals surface area (Å²) in [5, 5.41) is 19.0. The van der Waals surface area contributed by atoms with E-state index in [1.165, 1.54) is 18.2 Å². The number of phenols is 1. The topological polar surface area (TPSA) is 74.6 Å². The van der Waals surface area contributed by atoms with Crippen molar-refractivity contribution in [2.75, 3.05) is 0 Å². The van der Waals surface area contributed by atoms with Crippen molar-refractivity contribution in [3.63, 3.8) is 0 Å². The maximum absolute atomic E-state index is 12.4. The Bertz CT molecular complexity index is 729. The summed E-state index contributed by atoms with van der Waals surface area (Å²) in [5.74, 6) is -1.62. The van der Waals surface area contributed by atoms with Gasteiger partial charge in [-0.25, -0.2) is 4.79 Å². The van der Waals surface area contributed by atoms with Gasteiger partial charge in [-0.2, -0.15) is 0 Å². The SMILES string of the molecule is C/C=C/c1ccc(C(=O)c2ccccc2C(=O)O)cc1O. The Morgan fingerprint density at radius 1 is 1.05 bits per heavy atom. The minimum atomic E-state index is -1.16. The fraction of sp³-hybridized carbons (Fsp3) is 0.0588. The zero-order valence-corrected chi connectivity index (χ0v) is 11.4. The third kappa shape index (κ3) is 3.00. The molecule has 0 aliphatic heterocycles. The van der Waals surface area contributed by atoms with Crippen molar-refractivity contribution >= 4 is 17.8 Å². The number of benzene rings is 2. The van der Waals surface area contributed by atoms with Gasteiger partial charge in [0.25, 0.3) is 0 Å². The Morgan fingerprint density at radius 3 is 2.29 bits per heavy atom. The number of hydrogen-bond acceptors (Lipinski definition) is 3. The summed E-state index contributed by atoms with van der Waals surface area (Å²) < 4.78 is 0. The number of phenolic OH excluding ortho intramolecular Hbond substituents is 1. The number of carbonyl (C=O) groups is 2. The lowest BCUT2D eigenvalue weighted by atomic mass is 9.97. The molecule has 2 N–H and O–H groups in total. The normalized spacial score (nSPS) is 10.7. The van der Waals surface area contributed by atoms with Crippen LogP contribution in [0.1, 0.15) is 38.8 Å². The number of aromatic hydroxyl groups is 1. The first-order valence-corrected chi connectivity index (χ1v) is 6.37. The molecule has 0 radical (unpaired) electrons. The van der Waals surface area contributed by atoms with Crippen molar-refractivity contribution in [2.24, 2.45) is 0 Å². The minimum Gasteiger partial charge on any atom is -0.507 e. The molecule has 0 aliphatic carbocycles. The summed E-state index contributed by atoms with van der Waals surface area (Å²) in [7, 11) is 0. The molecule has 2 aromatic rings. The van der Waals surface area contributed by atoms with Crippen LogP contribution in [0, 0.1) is 0 Å². The predicted octanol–water partition coefficient (Wildman–Crippen LogP) is 3.35. The van der Waals surface area contributed by atoms with Crippen molar-refractivity contribution in [3.8, 4) is 5.75 Å². The van der Waals surface area contributed by atoms with Gasteiger partial charge in [0.15, 0.2) is 5.78 Å². The zero-order chi connectivity index (χ0) is 15.4. The lowest BCUT2D eigenvalue weighted by molar-refractivity contribution is 0.0693. The lowest BCUT2D eigenvalue weighted by Crippen LogP contribution is -2.09. The molecular formula is C17H14O4. The molecule has 0 aromatic heterocycles. The summed E-state index contributed by atoms with van der Waals surface area (Å²) in [6.07, 6.45) is 3.49. The van der Waals surface area contributed by atoms with Crippen LogP contribution in [0.4, 0.5) is 0 Å². The summed E-state index contributed by atoms with van der Waals surface area (Å²) >= 11 is 0. The van der Waals surface area contributed by atoms with E-state index in [0.717, 1.165) is 0 Å². The van der Waals surface area contributed by atoms with Gasteiger partial charge in [-0.15, -0.1) is 0 Å². The first-order valence-electron chi connectivity index (χ1n) is 6.37. The first-order chi connectivity index (χ1) is 10.0. The Labute approximate surface area is 122 Å². The van der Waals surface area contributed by atoms with Crippen LogP contribution in [0.15, 0.2) is 48.5 Å².